The highest BCUT2D eigenvalue weighted by Gasteiger charge is 2.25. The first-order chi connectivity index (χ1) is 10.4. The molecule has 0 fully saturated rings. The SMILES string of the molecule is O=CNc1nc2c(s1)-c1c(cnn1-c1ccccc1)CC2. The minimum absolute atomic E-state index is 0.642. The third-order valence-electron chi connectivity index (χ3n) is 3.57. The summed E-state index contributed by atoms with van der Waals surface area (Å²) in [5.74, 6) is 0. The van der Waals surface area contributed by atoms with Crippen molar-refractivity contribution in [1.82, 2.24) is 14.8 Å². The summed E-state index contributed by atoms with van der Waals surface area (Å²) in [6, 6.07) is 10.1. The lowest BCUT2D eigenvalue weighted by Gasteiger charge is -2.13. The number of aryl methyl sites for hydroxylation is 2. The molecule has 0 bridgehead atoms. The van der Waals surface area contributed by atoms with E-state index in [1.165, 1.54) is 16.9 Å². The van der Waals surface area contributed by atoms with Gasteiger partial charge in [0.1, 0.15) is 0 Å². The number of anilines is 1. The van der Waals surface area contributed by atoms with E-state index in [0.717, 1.165) is 34.8 Å². The van der Waals surface area contributed by atoms with Gasteiger partial charge in [-0.25, -0.2) is 9.67 Å². The highest BCUT2D eigenvalue weighted by atomic mass is 32.1. The number of amides is 1. The van der Waals surface area contributed by atoms with Crippen LogP contribution < -0.4 is 5.32 Å². The standard InChI is InChI=1S/C15H12N4OS/c20-9-16-15-18-12-7-6-10-8-17-19(13(10)14(12)21-15)11-4-2-1-3-5-11/h1-5,8-9H,6-7H2,(H,16,18,20). The number of carbonyl (C=O) groups is 1. The van der Waals surface area contributed by atoms with Crippen LogP contribution >= 0.6 is 11.3 Å². The maximum absolute atomic E-state index is 10.6. The van der Waals surface area contributed by atoms with Crippen LogP contribution in [0.4, 0.5) is 5.13 Å². The highest BCUT2D eigenvalue weighted by Crippen LogP contribution is 2.40. The van der Waals surface area contributed by atoms with E-state index in [1.807, 2.05) is 41.2 Å². The second-order valence-electron chi connectivity index (χ2n) is 4.82. The van der Waals surface area contributed by atoms with Crippen molar-refractivity contribution in [3.05, 3.63) is 47.8 Å². The van der Waals surface area contributed by atoms with Crippen molar-refractivity contribution >= 4 is 22.9 Å². The third-order valence-corrected chi connectivity index (χ3v) is 4.61. The van der Waals surface area contributed by atoms with Crippen molar-refractivity contribution in [3.8, 4) is 16.3 Å². The molecular formula is C15H12N4OS. The zero-order valence-corrected chi connectivity index (χ0v) is 11.9. The number of benzene rings is 1. The fraction of sp³-hybridized carbons (Fsp3) is 0.133. The second-order valence-corrected chi connectivity index (χ2v) is 5.82. The number of nitrogens with one attached hydrogen (secondary N) is 1. The quantitative estimate of drug-likeness (QED) is 0.756. The Labute approximate surface area is 125 Å². The average Bonchev–Trinajstić information content (AvgIpc) is 3.11. The summed E-state index contributed by atoms with van der Waals surface area (Å²) in [6.45, 7) is 0. The van der Waals surface area contributed by atoms with Crippen LogP contribution in [0.5, 0.6) is 0 Å². The smallest absolute Gasteiger partial charge is 0.213 e. The summed E-state index contributed by atoms with van der Waals surface area (Å²) in [5.41, 5.74) is 4.39. The summed E-state index contributed by atoms with van der Waals surface area (Å²) in [6.07, 6.45) is 4.41. The van der Waals surface area contributed by atoms with E-state index >= 15 is 0 Å². The van der Waals surface area contributed by atoms with Gasteiger partial charge in [0.25, 0.3) is 0 Å². The van der Waals surface area contributed by atoms with Crippen LogP contribution in [0.25, 0.3) is 16.3 Å². The molecule has 104 valence electrons. The largest absolute Gasteiger partial charge is 0.305 e. The molecule has 21 heavy (non-hydrogen) atoms. The van der Waals surface area contributed by atoms with Crippen LogP contribution in [0.3, 0.4) is 0 Å². The minimum Gasteiger partial charge on any atom is -0.305 e. The Bertz CT molecular complexity index is 806. The van der Waals surface area contributed by atoms with Crippen LogP contribution in [0, 0.1) is 0 Å². The molecule has 4 rings (SSSR count). The van der Waals surface area contributed by atoms with Crippen molar-refractivity contribution in [1.29, 1.82) is 0 Å². The molecule has 0 atom stereocenters. The summed E-state index contributed by atoms with van der Waals surface area (Å²) in [4.78, 5) is 16.2. The monoisotopic (exact) mass is 296 g/mol. The van der Waals surface area contributed by atoms with Gasteiger partial charge < -0.3 is 5.32 Å². The van der Waals surface area contributed by atoms with Crippen LogP contribution in [0.2, 0.25) is 0 Å². The van der Waals surface area contributed by atoms with Crippen molar-refractivity contribution in [2.24, 2.45) is 0 Å². The molecule has 0 aliphatic heterocycles. The number of aromatic nitrogens is 3. The summed E-state index contributed by atoms with van der Waals surface area (Å²) < 4.78 is 1.95. The Balaban J connectivity index is 1.89. The van der Waals surface area contributed by atoms with E-state index in [4.69, 9.17) is 0 Å². The molecule has 3 aromatic rings. The molecule has 1 aromatic carbocycles. The Morgan fingerprint density at radius 2 is 2.10 bits per heavy atom. The lowest BCUT2D eigenvalue weighted by atomic mass is 10.0. The molecule has 6 heteroatoms. The minimum atomic E-state index is 0.642. The molecule has 0 radical (unpaired) electrons. The van der Waals surface area contributed by atoms with Crippen LogP contribution in [0.15, 0.2) is 36.5 Å². The molecule has 1 aliphatic carbocycles. The van der Waals surface area contributed by atoms with Gasteiger partial charge >= 0.3 is 0 Å². The first-order valence-electron chi connectivity index (χ1n) is 6.69. The average molecular weight is 296 g/mol. The Kier molecular flexibility index (Phi) is 2.82. The number of carbonyl (C=O) groups excluding carboxylic acids is 1. The normalized spacial score (nSPS) is 12.6. The van der Waals surface area contributed by atoms with Crippen molar-refractivity contribution < 1.29 is 4.79 Å². The molecule has 2 aromatic heterocycles. The fourth-order valence-electron chi connectivity index (χ4n) is 2.64. The molecular weight excluding hydrogens is 284 g/mol. The summed E-state index contributed by atoms with van der Waals surface area (Å²) >= 11 is 1.50. The Morgan fingerprint density at radius 3 is 2.90 bits per heavy atom. The van der Waals surface area contributed by atoms with Crippen molar-refractivity contribution in [3.63, 3.8) is 0 Å². The number of hydrogen-bond acceptors (Lipinski definition) is 4. The van der Waals surface area contributed by atoms with Gasteiger partial charge in [-0.1, -0.05) is 29.5 Å². The summed E-state index contributed by atoms with van der Waals surface area (Å²) in [5, 5.41) is 7.81. The number of hydrogen-bond donors (Lipinski definition) is 1. The summed E-state index contributed by atoms with van der Waals surface area (Å²) in [7, 11) is 0. The van der Waals surface area contributed by atoms with E-state index in [1.54, 1.807) is 0 Å². The molecule has 0 saturated carbocycles. The first-order valence-corrected chi connectivity index (χ1v) is 7.51. The van der Waals surface area contributed by atoms with Gasteiger partial charge in [-0.2, -0.15) is 5.10 Å². The maximum atomic E-state index is 10.6. The molecule has 0 unspecified atom stereocenters. The molecule has 1 aliphatic rings. The van der Waals surface area contributed by atoms with Crippen LogP contribution in [-0.4, -0.2) is 21.2 Å². The number of fused-ring (bicyclic) bond motifs is 3. The predicted octanol–water partition coefficient (Wildman–Crippen LogP) is 2.66. The van der Waals surface area contributed by atoms with E-state index in [-0.39, 0.29) is 0 Å². The number of nitrogens with zero attached hydrogens (tertiary/aromatic N) is 3. The zero-order chi connectivity index (χ0) is 14.2. The van der Waals surface area contributed by atoms with Crippen LogP contribution in [0.1, 0.15) is 11.3 Å². The maximum Gasteiger partial charge on any atom is 0.213 e. The van der Waals surface area contributed by atoms with Crippen LogP contribution in [-0.2, 0) is 17.6 Å². The molecule has 1 N–H and O–H groups in total. The van der Waals surface area contributed by atoms with Gasteiger partial charge in [-0.3, -0.25) is 4.79 Å². The van der Waals surface area contributed by atoms with Gasteiger partial charge in [0.2, 0.25) is 6.41 Å². The number of rotatable bonds is 3. The zero-order valence-electron chi connectivity index (χ0n) is 11.1. The molecule has 2 heterocycles. The van der Waals surface area contributed by atoms with Gasteiger partial charge in [0, 0.05) is 0 Å². The molecule has 0 saturated heterocycles. The van der Waals surface area contributed by atoms with Gasteiger partial charge in [-0.05, 0) is 30.5 Å². The van der Waals surface area contributed by atoms with E-state index in [9.17, 15) is 4.79 Å². The van der Waals surface area contributed by atoms with Gasteiger partial charge in [0.05, 0.1) is 28.1 Å². The van der Waals surface area contributed by atoms with Crippen molar-refractivity contribution in [2.45, 2.75) is 12.8 Å². The molecule has 0 spiro atoms. The van der Waals surface area contributed by atoms with E-state index in [0.29, 0.717) is 11.5 Å². The van der Waals surface area contributed by atoms with Gasteiger partial charge in [0.15, 0.2) is 5.13 Å². The van der Waals surface area contributed by atoms with Gasteiger partial charge in [-0.15, -0.1) is 0 Å². The molecule has 1 amide bonds. The first kappa shape index (κ1) is 12.3. The number of para-hydroxylation sites is 1. The highest BCUT2D eigenvalue weighted by molar-refractivity contribution is 7.19. The Hall–Kier alpha value is -2.47. The second kappa shape index (κ2) is 4.82. The van der Waals surface area contributed by atoms with E-state index in [2.05, 4.69) is 15.4 Å². The lowest BCUT2D eigenvalue weighted by Crippen LogP contribution is -2.05. The topological polar surface area (TPSA) is 59.8 Å². The number of thiazole rings is 1. The lowest BCUT2D eigenvalue weighted by molar-refractivity contribution is -0.105. The predicted molar refractivity (Wildman–Crippen MR) is 81.8 cm³/mol. The molecule has 5 nitrogen and oxygen atoms in total. The van der Waals surface area contributed by atoms with E-state index < -0.39 is 0 Å². The van der Waals surface area contributed by atoms with Crippen molar-refractivity contribution in [2.75, 3.05) is 5.32 Å². The Morgan fingerprint density at radius 1 is 1.24 bits per heavy atom. The third kappa shape index (κ3) is 1.95. The fourth-order valence-corrected chi connectivity index (χ4v) is 3.68.